The van der Waals surface area contributed by atoms with E-state index in [0.29, 0.717) is 31.0 Å². The smallest absolute Gasteiger partial charge is 0.254 e. The molecule has 5 rings (SSSR count). The van der Waals surface area contributed by atoms with E-state index in [0.717, 1.165) is 31.6 Å². The van der Waals surface area contributed by atoms with Crippen LogP contribution in [0.2, 0.25) is 0 Å². The monoisotopic (exact) mass is 598 g/mol. The summed E-state index contributed by atoms with van der Waals surface area (Å²) in [7, 11) is 0. The number of ketones is 1. The molecule has 4 nitrogen and oxygen atoms in total. The van der Waals surface area contributed by atoms with Crippen LogP contribution in [0.15, 0.2) is 97.1 Å². The average Bonchev–Trinajstić information content (AvgIpc) is 3.48. The van der Waals surface area contributed by atoms with E-state index in [9.17, 15) is 18.4 Å². The maximum atomic E-state index is 13.9. The first kappa shape index (κ1) is 34.3. The van der Waals surface area contributed by atoms with E-state index < -0.39 is 17.4 Å². The highest BCUT2D eigenvalue weighted by Crippen LogP contribution is 2.24. The van der Waals surface area contributed by atoms with Crippen molar-refractivity contribution in [1.29, 1.82) is 0 Å². The van der Waals surface area contributed by atoms with Gasteiger partial charge < -0.3 is 10.2 Å². The predicted octanol–water partition coefficient (Wildman–Crippen LogP) is 8.80. The third kappa shape index (κ3) is 9.42. The Hall–Kier alpha value is -4.16. The van der Waals surface area contributed by atoms with Gasteiger partial charge in [-0.1, -0.05) is 107 Å². The van der Waals surface area contributed by atoms with E-state index in [4.69, 9.17) is 0 Å². The lowest BCUT2D eigenvalue weighted by molar-refractivity contribution is 0.0783. The first-order chi connectivity index (χ1) is 21.2. The lowest BCUT2D eigenvalue weighted by atomic mass is 9.97. The van der Waals surface area contributed by atoms with Crippen LogP contribution in [-0.2, 0) is 6.54 Å². The molecule has 4 aromatic carbocycles. The fraction of sp³-hybridized carbons (Fsp3) is 0.316. The van der Waals surface area contributed by atoms with Gasteiger partial charge in [0.1, 0.15) is 11.6 Å². The zero-order valence-corrected chi connectivity index (χ0v) is 26.4. The van der Waals surface area contributed by atoms with Crippen molar-refractivity contribution in [2.45, 2.75) is 47.6 Å². The van der Waals surface area contributed by atoms with Crippen molar-refractivity contribution in [1.82, 2.24) is 10.2 Å². The summed E-state index contributed by atoms with van der Waals surface area (Å²) in [4.78, 5) is 27.1. The summed E-state index contributed by atoms with van der Waals surface area (Å²) < 4.78 is 27.0. The van der Waals surface area contributed by atoms with E-state index in [1.54, 1.807) is 23.1 Å². The topological polar surface area (TPSA) is 49.4 Å². The van der Waals surface area contributed by atoms with Gasteiger partial charge in [0.25, 0.3) is 5.91 Å². The number of hydrogen-bond acceptors (Lipinski definition) is 3. The summed E-state index contributed by atoms with van der Waals surface area (Å²) in [5.41, 5.74) is 4.12. The first-order valence-electron chi connectivity index (χ1n) is 15.5. The molecule has 0 spiro atoms. The number of rotatable bonds is 8. The molecule has 1 N–H and O–H groups in total. The summed E-state index contributed by atoms with van der Waals surface area (Å²) in [6, 6.07) is 28.4. The molecule has 1 saturated heterocycles. The van der Waals surface area contributed by atoms with Gasteiger partial charge in [-0.05, 0) is 59.7 Å². The second-order valence-electron chi connectivity index (χ2n) is 11.2. The Balaban J connectivity index is 0.000000236. The Morgan fingerprint density at radius 3 is 2.11 bits per heavy atom. The molecule has 1 aliphatic rings. The Morgan fingerprint density at radius 2 is 1.48 bits per heavy atom. The number of nitrogens with zero attached hydrogens (tertiary/aromatic N) is 1. The Bertz CT molecular complexity index is 1500. The third-order valence-electron chi connectivity index (χ3n) is 7.26. The first-order valence-corrected chi connectivity index (χ1v) is 15.5. The summed E-state index contributed by atoms with van der Waals surface area (Å²) >= 11 is 0. The highest BCUT2D eigenvalue weighted by atomic mass is 19.1. The predicted molar refractivity (Wildman–Crippen MR) is 176 cm³/mol. The summed E-state index contributed by atoms with van der Waals surface area (Å²) in [6.45, 7) is 13.8. The van der Waals surface area contributed by atoms with Crippen LogP contribution in [-0.4, -0.2) is 36.2 Å². The molecule has 0 bridgehead atoms. The van der Waals surface area contributed by atoms with E-state index in [1.165, 1.54) is 22.8 Å². The number of likely N-dealkylation sites (tertiary alicyclic amines) is 1. The van der Waals surface area contributed by atoms with Gasteiger partial charge in [-0.25, -0.2) is 8.78 Å². The molecule has 44 heavy (non-hydrogen) atoms. The molecule has 1 atom stereocenters. The quantitative estimate of drug-likeness (QED) is 0.206. The van der Waals surface area contributed by atoms with Gasteiger partial charge in [-0.2, -0.15) is 0 Å². The van der Waals surface area contributed by atoms with E-state index in [2.05, 4.69) is 80.7 Å². The second kappa shape index (κ2) is 17.2. The molecule has 0 radical (unpaired) electrons. The lowest BCUT2D eigenvalue weighted by Crippen LogP contribution is -2.30. The van der Waals surface area contributed by atoms with Gasteiger partial charge in [0.15, 0.2) is 5.78 Å². The highest BCUT2D eigenvalue weighted by molar-refractivity contribution is 6.15. The number of amides is 1. The van der Waals surface area contributed by atoms with Crippen LogP contribution in [0.5, 0.6) is 0 Å². The van der Waals surface area contributed by atoms with Crippen molar-refractivity contribution in [3.05, 3.63) is 131 Å². The second-order valence-corrected chi connectivity index (χ2v) is 11.2. The number of halogens is 2. The fourth-order valence-corrected chi connectivity index (χ4v) is 5.05. The van der Waals surface area contributed by atoms with Crippen LogP contribution >= 0.6 is 0 Å². The zero-order valence-electron chi connectivity index (χ0n) is 26.4. The molecule has 232 valence electrons. The van der Waals surface area contributed by atoms with Gasteiger partial charge in [0, 0.05) is 31.3 Å². The minimum absolute atomic E-state index is 0.132. The standard InChI is InChI=1S/C19H17F2NO2.C17H21N.C2H6/c1-12-8-9-22(11-12)19(24)15-5-3-2-4-14(15)18(23)16-7-6-13(20)10-17(16)21;1-14(2)12-18-13-16-10-6-7-11-17(16)15-8-4-3-5-9-15;1-2/h2-7,10,12H,8-9,11H2,1H3;3-11,14,18H,12-13H2,1-2H3;1-2H3/t12-;;/m1../s1. The Morgan fingerprint density at radius 1 is 0.841 bits per heavy atom. The molecule has 1 fully saturated rings. The van der Waals surface area contributed by atoms with E-state index >= 15 is 0 Å². The molecule has 6 heteroatoms. The van der Waals surface area contributed by atoms with E-state index in [1.807, 2.05) is 13.8 Å². The van der Waals surface area contributed by atoms with E-state index in [-0.39, 0.29) is 22.6 Å². The van der Waals surface area contributed by atoms with Crippen LogP contribution in [0.1, 0.15) is 72.9 Å². The summed E-state index contributed by atoms with van der Waals surface area (Å²) in [5, 5.41) is 3.51. The van der Waals surface area contributed by atoms with Crippen molar-refractivity contribution in [3.8, 4) is 11.1 Å². The van der Waals surface area contributed by atoms with Crippen LogP contribution in [0.4, 0.5) is 8.78 Å². The summed E-state index contributed by atoms with van der Waals surface area (Å²) in [5.74, 6) is -1.42. The van der Waals surface area contributed by atoms with Gasteiger partial charge in [0.05, 0.1) is 11.1 Å². The van der Waals surface area contributed by atoms with Crippen LogP contribution < -0.4 is 5.32 Å². The molecule has 0 saturated carbocycles. The van der Waals surface area contributed by atoms with Gasteiger partial charge in [-0.15, -0.1) is 0 Å². The van der Waals surface area contributed by atoms with Crippen molar-refractivity contribution in [3.63, 3.8) is 0 Å². The van der Waals surface area contributed by atoms with Crippen molar-refractivity contribution >= 4 is 11.7 Å². The molecule has 1 amide bonds. The molecule has 4 aromatic rings. The normalized spacial score (nSPS) is 13.9. The van der Waals surface area contributed by atoms with Crippen LogP contribution in [0.25, 0.3) is 11.1 Å². The summed E-state index contributed by atoms with van der Waals surface area (Å²) in [6.07, 6.45) is 0.925. The van der Waals surface area contributed by atoms with Crippen LogP contribution in [0, 0.1) is 23.5 Å². The average molecular weight is 599 g/mol. The molecule has 0 aromatic heterocycles. The molecule has 0 unspecified atom stereocenters. The maximum absolute atomic E-state index is 13.9. The largest absolute Gasteiger partial charge is 0.338 e. The van der Waals surface area contributed by atoms with Gasteiger partial charge in [-0.3, -0.25) is 9.59 Å². The van der Waals surface area contributed by atoms with Crippen LogP contribution in [0.3, 0.4) is 0 Å². The maximum Gasteiger partial charge on any atom is 0.254 e. The molecular weight excluding hydrogens is 554 g/mol. The van der Waals surface area contributed by atoms with Crippen molar-refractivity contribution < 1.29 is 18.4 Å². The number of benzene rings is 4. The number of carbonyl (C=O) groups is 2. The Labute approximate surface area is 261 Å². The minimum Gasteiger partial charge on any atom is -0.338 e. The Kier molecular flexibility index (Phi) is 13.4. The molecule has 1 heterocycles. The lowest BCUT2D eigenvalue weighted by Gasteiger charge is -2.18. The van der Waals surface area contributed by atoms with Gasteiger partial charge in [0.2, 0.25) is 0 Å². The molecular formula is C38H44F2N2O2. The van der Waals surface area contributed by atoms with Crippen molar-refractivity contribution in [2.75, 3.05) is 19.6 Å². The van der Waals surface area contributed by atoms with Gasteiger partial charge >= 0.3 is 0 Å². The SMILES string of the molecule is CC.CC(C)CNCc1ccccc1-c1ccccc1.C[C@@H]1CCN(C(=O)c2ccccc2C(=O)c2ccc(F)cc2F)C1. The zero-order chi connectivity index (χ0) is 32.1. The minimum atomic E-state index is -0.933. The number of hydrogen-bond donors (Lipinski definition) is 1. The molecule has 0 aliphatic carbocycles. The molecule has 1 aliphatic heterocycles. The fourth-order valence-electron chi connectivity index (χ4n) is 5.05. The number of carbonyl (C=O) groups excluding carboxylic acids is 2. The highest BCUT2D eigenvalue weighted by Gasteiger charge is 2.28. The third-order valence-corrected chi connectivity index (χ3v) is 7.26. The number of nitrogens with one attached hydrogen (secondary N) is 1. The van der Waals surface area contributed by atoms with Crippen molar-refractivity contribution in [2.24, 2.45) is 11.8 Å².